The summed E-state index contributed by atoms with van der Waals surface area (Å²) >= 11 is 0. The van der Waals surface area contributed by atoms with E-state index in [1.54, 1.807) is 0 Å². The molecule has 1 saturated heterocycles. The minimum atomic E-state index is -0.801. The lowest BCUT2D eigenvalue weighted by atomic mass is 10.1. The second kappa shape index (κ2) is 6.73. The van der Waals surface area contributed by atoms with Crippen molar-refractivity contribution in [3.05, 3.63) is 59.3 Å². The van der Waals surface area contributed by atoms with Crippen molar-refractivity contribution in [2.45, 2.75) is 6.10 Å². The highest BCUT2D eigenvalue weighted by atomic mass is 19.1. The van der Waals surface area contributed by atoms with Crippen molar-refractivity contribution in [2.24, 2.45) is 5.73 Å². The van der Waals surface area contributed by atoms with Gasteiger partial charge in [-0.15, -0.1) is 0 Å². The van der Waals surface area contributed by atoms with Crippen LogP contribution in [-0.2, 0) is 4.74 Å². The number of amides is 2. The summed E-state index contributed by atoms with van der Waals surface area (Å²) in [4.78, 5) is 25.2. The first-order valence-electron chi connectivity index (χ1n) is 7.46. The number of hydrogen-bond acceptors (Lipinski definition) is 5. The Kier molecular flexibility index (Phi) is 4.48. The molecule has 1 aliphatic rings. The van der Waals surface area contributed by atoms with E-state index in [0.717, 1.165) is 12.3 Å². The van der Waals surface area contributed by atoms with Crippen LogP contribution >= 0.6 is 0 Å². The molecule has 0 spiro atoms. The van der Waals surface area contributed by atoms with Crippen LogP contribution in [-0.4, -0.2) is 31.2 Å². The summed E-state index contributed by atoms with van der Waals surface area (Å²) in [6, 6.07) is 6.74. The van der Waals surface area contributed by atoms with Gasteiger partial charge in [0.2, 0.25) is 6.20 Å². The lowest BCUT2D eigenvalue weighted by Crippen LogP contribution is -2.27. The van der Waals surface area contributed by atoms with Crippen LogP contribution in [0, 0.1) is 11.0 Å². The molecule has 1 aliphatic heterocycles. The van der Waals surface area contributed by atoms with E-state index in [1.807, 2.05) is 0 Å². The van der Waals surface area contributed by atoms with E-state index in [0.29, 0.717) is 4.73 Å². The molecule has 0 radical (unpaired) electrons. The van der Waals surface area contributed by atoms with E-state index in [4.69, 9.17) is 10.5 Å². The minimum absolute atomic E-state index is 0.169. The van der Waals surface area contributed by atoms with Crippen LogP contribution < -0.4 is 20.7 Å². The van der Waals surface area contributed by atoms with Gasteiger partial charge in [-0.3, -0.25) is 9.69 Å². The summed E-state index contributed by atoms with van der Waals surface area (Å²) in [6.45, 7) is 0.385. The summed E-state index contributed by atoms with van der Waals surface area (Å²) < 4.78 is 19.8. The van der Waals surface area contributed by atoms with Crippen LogP contribution in [0.3, 0.4) is 0 Å². The molecular weight excluding hydrogens is 331 g/mol. The molecule has 3 N–H and O–H groups in total. The Balaban J connectivity index is 1.78. The van der Waals surface area contributed by atoms with E-state index in [2.05, 4.69) is 5.32 Å². The van der Waals surface area contributed by atoms with E-state index < -0.39 is 23.9 Å². The van der Waals surface area contributed by atoms with Gasteiger partial charge in [-0.1, -0.05) is 0 Å². The molecule has 0 aliphatic carbocycles. The molecule has 9 heteroatoms. The van der Waals surface area contributed by atoms with Gasteiger partial charge in [0, 0.05) is 12.6 Å². The fraction of sp³-hybridized carbons (Fsp3) is 0.188. The minimum Gasteiger partial charge on any atom is -0.619 e. The van der Waals surface area contributed by atoms with Crippen molar-refractivity contribution in [1.29, 1.82) is 0 Å². The molecular formula is C16H15FN4O4. The van der Waals surface area contributed by atoms with Gasteiger partial charge in [-0.2, -0.15) is 4.73 Å². The van der Waals surface area contributed by atoms with Crippen LogP contribution in [0.15, 0.2) is 42.7 Å². The first-order chi connectivity index (χ1) is 12.0. The number of carbonyl (C=O) groups excluding carboxylic acids is 2. The second-order valence-corrected chi connectivity index (χ2v) is 5.42. The van der Waals surface area contributed by atoms with Gasteiger partial charge in [0.15, 0.2) is 6.20 Å². The predicted molar refractivity (Wildman–Crippen MR) is 86.4 cm³/mol. The van der Waals surface area contributed by atoms with Crippen LogP contribution in [0.25, 0.3) is 0 Å². The maximum absolute atomic E-state index is 14.3. The standard InChI is InChI=1S/C16H15FN4O4/c17-14-6-11(21-9-12(7-18)25-16(21)23)3-4-13(14)15(22)19-10-2-1-5-20(24)8-10/h1-6,8,12H,7,9,18H2,(H,19,22)/t12-/m0/s1. The van der Waals surface area contributed by atoms with Crippen LogP contribution in [0.4, 0.5) is 20.6 Å². The summed E-state index contributed by atoms with van der Waals surface area (Å²) in [5.74, 6) is -1.51. The van der Waals surface area contributed by atoms with Crippen LogP contribution in [0.1, 0.15) is 10.4 Å². The van der Waals surface area contributed by atoms with Crippen LogP contribution in [0.2, 0.25) is 0 Å². The highest BCUT2D eigenvalue weighted by Gasteiger charge is 2.32. The smallest absolute Gasteiger partial charge is 0.414 e. The third kappa shape index (κ3) is 3.50. The Morgan fingerprint density at radius 3 is 2.92 bits per heavy atom. The van der Waals surface area contributed by atoms with Gasteiger partial charge in [-0.25, -0.2) is 9.18 Å². The summed E-state index contributed by atoms with van der Waals surface area (Å²) in [5.41, 5.74) is 5.75. The van der Waals surface area contributed by atoms with E-state index in [9.17, 15) is 19.2 Å². The Morgan fingerprint density at radius 2 is 2.28 bits per heavy atom. The molecule has 1 atom stereocenters. The molecule has 2 heterocycles. The molecule has 0 saturated carbocycles. The lowest BCUT2D eigenvalue weighted by Gasteiger charge is -2.14. The number of halogens is 1. The number of cyclic esters (lactones) is 1. The largest absolute Gasteiger partial charge is 0.619 e. The Labute approximate surface area is 142 Å². The van der Waals surface area contributed by atoms with Crippen molar-refractivity contribution < 1.29 is 23.4 Å². The third-order valence-corrected chi connectivity index (χ3v) is 3.68. The Morgan fingerprint density at radius 1 is 1.48 bits per heavy atom. The molecule has 0 unspecified atom stereocenters. The SMILES string of the molecule is NC[C@H]1CN(c2ccc(C(=O)Nc3ccc[n+]([O-])c3)c(F)c2)C(=O)O1. The van der Waals surface area contributed by atoms with Gasteiger partial charge in [0.1, 0.15) is 17.6 Å². The number of anilines is 2. The number of aromatic nitrogens is 1. The number of nitrogens with zero attached hydrogens (tertiary/aromatic N) is 2. The van der Waals surface area contributed by atoms with Crippen molar-refractivity contribution in [2.75, 3.05) is 23.3 Å². The maximum Gasteiger partial charge on any atom is 0.414 e. The van der Waals surface area contributed by atoms with Crippen molar-refractivity contribution in [3.63, 3.8) is 0 Å². The summed E-state index contributed by atoms with van der Waals surface area (Å²) in [6.07, 6.45) is 1.35. The number of nitrogens with two attached hydrogens (primary N) is 1. The first-order valence-corrected chi connectivity index (χ1v) is 7.46. The number of rotatable bonds is 4. The van der Waals surface area contributed by atoms with Gasteiger partial charge in [0.25, 0.3) is 5.91 Å². The van der Waals surface area contributed by atoms with Gasteiger partial charge in [-0.05, 0) is 24.3 Å². The van der Waals surface area contributed by atoms with Crippen molar-refractivity contribution in [3.8, 4) is 0 Å². The molecule has 8 nitrogen and oxygen atoms in total. The number of ether oxygens (including phenoxy) is 1. The highest BCUT2D eigenvalue weighted by molar-refractivity contribution is 6.04. The molecule has 2 amide bonds. The molecule has 1 fully saturated rings. The number of nitrogens with one attached hydrogen (secondary N) is 1. The molecule has 25 heavy (non-hydrogen) atoms. The van der Waals surface area contributed by atoms with Crippen LogP contribution in [0.5, 0.6) is 0 Å². The number of benzene rings is 1. The normalized spacial score (nSPS) is 16.6. The van der Waals surface area contributed by atoms with Gasteiger partial charge < -0.3 is 21.0 Å². The fourth-order valence-electron chi connectivity index (χ4n) is 2.44. The maximum atomic E-state index is 14.3. The van der Waals surface area contributed by atoms with E-state index in [-0.39, 0.29) is 30.0 Å². The zero-order valence-corrected chi connectivity index (χ0v) is 13.0. The highest BCUT2D eigenvalue weighted by Crippen LogP contribution is 2.24. The molecule has 0 bridgehead atoms. The first kappa shape index (κ1) is 16.7. The Hall–Kier alpha value is -3.20. The van der Waals surface area contributed by atoms with E-state index in [1.165, 1.54) is 35.4 Å². The molecule has 2 aromatic rings. The monoisotopic (exact) mass is 346 g/mol. The Bertz CT molecular complexity index is 830. The second-order valence-electron chi connectivity index (χ2n) is 5.42. The fourth-order valence-corrected chi connectivity index (χ4v) is 2.44. The summed E-state index contributed by atoms with van der Waals surface area (Å²) in [7, 11) is 0. The third-order valence-electron chi connectivity index (χ3n) is 3.68. The van der Waals surface area contributed by atoms with Crippen molar-refractivity contribution >= 4 is 23.4 Å². The lowest BCUT2D eigenvalue weighted by molar-refractivity contribution is -0.604. The summed E-state index contributed by atoms with van der Waals surface area (Å²) in [5, 5.41) is 13.6. The number of carbonyl (C=O) groups is 2. The predicted octanol–water partition coefficient (Wildman–Crippen LogP) is 0.995. The molecule has 130 valence electrons. The van der Waals surface area contributed by atoms with Gasteiger partial charge >= 0.3 is 6.09 Å². The van der Waals surface area contributed by atoms with Crippen molar-refractivity contribution in [1.82, 2.24) is 0 Å². The zero-order chi connectivity index (χ0) is 18.0. The zero-order valence-electron chi connectivity index (χ0n) is 13.0. The molecule has 3 rings (SSSR count). The average molecular weight is 346 g/mol. The molecule has 1 aromatic heterocycles. The average Bonchev–Trinajstić information content (AvgIpc) is 2.95. The topological polar surface area (TPSA) is 112 Å². The van der Waals surface area contributed by atoms with E-state index >= 15 is 0 Å². The number of pyridine rings is 1. The molecule has 1 aromatic carbocycles. The quantitative estimate of drug-likeness (QED) is 0.633. The number of hydrogen-bond donors (Lipinski definition) is 2. The van der Waals surface area contributed by atoms with Gasteiger partial charge in [0.05, 0.1) is 17.8 Å².